The summed E-state index contributed by atoms with van der Waals surface area (Å²) >= 11 is 0. The van der Waals surface area contributed by atoms with Crippen LogP contribution in [0.15, 0.2) is 12.1 Å². The van der Waals surface area contributed by atoms with Crippen molar-refractivity contribution in [3.63, 3.8) is 0 Å². The van der Waals surface area contributed by atoms with E-state index in [1.165, 1.54) is 36.0 Å². The maximum absolute atomic E-state index is 5.77. The first-order chi connectivity index (χ1) is 7.27. The van der Waals surface area contributed by atoms with Gasteiger partial charge in [0.15, 0.2) is 0 Å². The SMILES string of the molecule is COc1ccc2c(c1C(C)CN)CCC2. The van der Waals surface area contributed by atoms with Crippen molar-refractivity contribution in [1.82, 2.24) is 0 Å². The number of fused-ring (bicyclic) bond motifs is 1. The molecule has 0 spiro atoms. The van der Waals surface area contributed by atoms with Crippen LogP contribution in [0, 0.1) is 0 Å². The lowest BCUT2D eigenvalue weighted by atomic mass is 9.92. The third-order valence-corrected chi connectivity index (χ3v) is 3.35. The van der Waals surface area contributed by atoms with Crippen molar-refractivity contribution >= 4 is 0 Å². The first-order valence-corrected chi connectivity index (χ1v) is 5.66. The largest absolute Gasteiger partial charge is 0.496 e. The predicted molar refractivity (Wildman–Crippen MR) is 62.5 cm³/mol. The number of methoxy groups -OCH3 is 1. The van der Waals surface area contributed by atoms with Gasteiger partial charge in [-0.05, 0) is 48.9 Å². The Hall–Kier alpha value is -1.02. The van der Waals surface area contributed by atoms with E-state index in [9.17, 15) is 0 Å². The second-order valence-corrected chi connectivity index (χ2v) is 4.31. The van der Waals surface area contributed by atoms with Gasteiger partial charge in [-0.1, -0.05) is 13.0 Å². The summed E-state index contributed by atoms with van der Waals surface area (Å²) in [6.07, 6.45) is 3.67. The normalized spacial score (nSPS) is 16.2. The highest BCUT2D eigenvalue weighted by molar-refractivity contribution is 5.49. The van der Waals surface area contributed by atoms with Crippen molar-refractivity contribution in [2.45, 2.75) is 32.1 Å². The molecule has 1 aromatic rings. The molecule has 0 saturated carbocycles. The monoisotopic (exact) mass is 205 g/mol. The number of benzene rings is 1. The third-order valence-electron chi connectivity index (χ3n) is 3.35. The molecule has 2 nitrogen and oxygen atoms in total. The molecule has 0 bridgehead atoms. The van der Waals surface area contributed by atoms with Gasteiger partial charge in [-0.25, -0.2) is 0 Å². The van der Waals surface area contributed by atoms with Crippen LogP contribution in [0.2, 0.25) is 0 Å². The topological polar surface area (TPSA) is 35.2 Å². The minimum Gasteiger partial charge on any atom is -0.496 e. The smallest absolute Gasteiger partial charge is 0.122 e. The molecule has 2 rings (SSSR count). The highest BCUT2D eigenvalue weighted by Gasteiger charge is 2.21. The van der Waals surface area contributed by atoms with Gasteiger partial charge in [-0.2, -0.15) is 0 Å². The fraction of sp³-hybridized carbons (Fsp3) is 0.538. The molecular formula is C13H19NO. The molecule has 2 N–H and O–H groups in total. The Labute approximate surface area is 91.4 Å². The Balaban J connectivity index is 2.52. The lowest BCUT2D eigenvalue weighted by Crippen LogP contribution is -2.12. The average molecular weight is 205 g/mol. The zero-order valence-electron chi connectivity index (χ0n) is 9.55. The van der Waals surface area contributed by atoms with Crippen LogP contribution in [-0.4, -0.2) is 13.7 Å². The van der Waals surface area contributed by atoms with Crippen molar-refractivity contribution in [3.8, 4) is 5.75 Å². The molecule has 82 valence electrons. The van der Waals surface area contributed by atoms with Crippen molar-refractivity contribution in [1.29, 1.82) is 0 Å². The molecule has 15 heavy (non-hydrogen) atoms. The summed E-state index contributed by atoms with van der Waals surface area (Å²) in [6, 6.07) is 4.29. The first-order valence-electron chi connectivity index (χ1n) is 5.66. The molecule has 2 heteroatoms. The molecule has 0 aromatic heterocycles. The molecule has 1 unspecified atom stereocenters. The molecule has 1 aliphatic rings. The average Bonchev–Trinajstić information content (AvgIpc) is 2.74. The quantitative estimate of drug-likeness (QED) is 0.821. The number of hydrogen-bond acceptors (Lipinski definition) is 2. The van der Waals surface area contributed by atoms with E-state index >= 15 is 0 Å². The summed E-state index contributed by atoms with van der Waals surface area (Å²) in [5.41, 5.74) is 10.1. The Kier molecular flexibility index (Phi) is 2.96. The lowest BCUT2D eigenvalue weighted by molar-refractivity contribution is 0.406. The summed E-state index contributed by atoms with van der Waals surface area (Å²) in [6.45, 7) is 2.86. The second-order valence-electron chi connectivity index (χ2n) is 4.31. The number of hydrogen-bond donors (Lipinski definition) is 1. The van der Waals surface area contributed by atoms with Gasteiger partial charge in [0.25, 0.3) is 0 Å². The van der Waals surface area contributed by atoms with Gasteiger partial charge in [0, 0.05) is 5.56 Å². The lowest BCUT2D eigenvalue weighted by Gasteiger charge is -2.18. The van der Waals surface area contributed by atoms with E-state index in [0.717, 1.165) is 5.75 Å². The van der Waals surface area contributed by atoms with Crippen LogP contribution >= 0.6 is 0 Å². The summed E-state index contributed by atoms with van der Waals surface area (Å²) in [5.74, 6) is 1.40. The van der Waals surface area contributed by atoms with Crippen LogP contribution in [0.25, 0.3) is 0 Å². The van der Waals surface area contributed by atoms with E-state index in [2.05, 4.69) is 19.1 Å². The number of rotatable bonds is 3. The summed E-state index contributed by atoms with van der Waals surface area (Å²) in [7, 11) is 1.74. The highest BCUT2D eigenvalue weighted by Crippen LogP contribution is 2.36. The molecular weight excluding hydrogens is 186 g/mol. The predicted octanol–water partition coefficient (Wildman–Crippen LogP) is 2.25. The van der Waals surface area contributed by atoms with E-state index in [1.54, 1.807) is 7.11 Å². The van der Waals surface area contributed by atoms with Crippen LogP contribution < -0.4 is 10.5 Å². The Bertz CT molecular complexity index is 360. The second kappa shape index (κ2) is 4.23. The van der Waals surface area contributed by atoms with Crippen molar-refractivity contribution in [2.24, 2.45) is 5.73 Å². The van der Waals surface area contributed by atoms with E-state index in [4.69, 9.17) is 10.5 Å². The molecule has 0 amide bonds. The number of aryl methyl sites for hydroxylation is 1. The Morgan fingerprint density at radius 1 is 1.40 bits per heavy atom. The zero-order chi connectivity index (χ0) is 10.8. The zero-order valence-corrected chi connectivity index (χ0v) is 9.55. The fourth-order valence-electron chi connectivity index (χ4n) is 2.51. The fourth-order valence-corrected chi connectivity index (χ4v) is 2.51. The van der Waals surface area contributed by atoms with Crippen molar-refractivity contribution in [3.05, 3.63) is 28.8 Å². The molecule has 0 fully saturated rings. The van der Waals surface area contributed by atoms with Gasteiger partial charge < -0.3 is 10.5 Å². The van der Waals surface area contributed by atoms with Crippen LogP contribution in [-0.2, 0) is 12.8 Å². The van der Waals surface area contributed by atoms with Crippen LogP contribution in [0.4, 0.5) is 0 Å². The van der Waals surface area contributed by atoms with E-state index in [1.807, 2.05) is 0 Å². The summed E-state index contributed by atoms with van der Waals surface area (Å²) in [5, 5.41) is 0. The Morgan fingerprint density at radius 2 is 2.20 bits per heavy atom. The van der Waals surface area contributed by atoms with Gasteiger partial charge in [0.05, 0.1) is 7.11 Å². The minimum absolute atomic E-state index is 0.396. The van der Waals surface area contributed by atoms with Gasteiger partial charge in [0.1, 0.15) is 5.75 Å². The van der Waals surface area contributed by atoms with E-state index in [0.29, 0.717) is 12.5 Å². The van der Waals surface area contributed by atoms with Gasteiger partial charge in [-0.3, -0.25) is 0 Å². The van der Waals surface area contributed by atoms with Crippen molar-refractivity contribution in [2.75, 3.05) is 13.7 Å². The van der Waals surface area contributed by atoms with E-state index < -0.39 is 0 Å². The number of ether oxygens (including phenoxy) is 1. The molecule has 0 heterocycles. The van der Waals surface area contributed by atoms with Crippen molar-refractivity contribution < 1.29 is 4.74 Å². The standard InChI is InChI=1S/C13H19NO/c1-9(8-14)13-11-5-3-4-10(11)6-7-12(13)15-2/h6-7,9H,3-5,8,14H2,1-2H3. The molecule has 0 radical (unpaired) electrons. The molecule has 1 aliphatic carbocycles. The van der Waals surface area contributed by atoms with Crippen LogP contribution in [0.5, 0.6) is 5.75 Å². The molecule has 0 saturated heterocycles. The number of nitrogens with two attached hydrogens (primary N) is 1. The molecule has 0 aliphatic heterocycles. The van der Waals surface area contributed by atoms with Crippen LogP contribution in [0.1, 0.15) is 36.0 Å². The first kappa shape index (κ1) is 10.5. The maximum atomic E-state index is 5.77. The highest BCUT2D eigenvalue weighted by atomic mass is 16.5. The minimum atomic E-state index is 0.396. The maximum Gasteiger partial charge on any atom is 0.122 e. The summed E-state index contributed by atoms with van der Waals surface area (Å²) in [4.78, 5) is 0. The summed E-state index contributed by atoms with van der Waals surface area (Å²) < 4.78 is 5.44. The van der Waals surface area contributed by atoms with Crippen LogP contribution in [0.3, 0.4) is 0 Å². The van der Waals surface area contributed by atoms with Gasteiger partial charge in [-0.15, -0.1) is 0 Å². The van der Waals surface area contributed by atoms with Gasteiger partial charge in [0.2, 0.25) is 0 Å². The molecule has 1 aromatic carbocycles. The third kappa shape index (κ3) is 1.74. The molecule has 1 atom stereocenters. The Morgan fingerprint density at radius 3 is 2.87 bits per heavy atom. The van der Waals surface area contributed by atoms with E-state index in [-0.39, 0.29) is 0 Å². The van der Waals surface area contributed by atoms with Gasteiger partial charge >= 0.3 is 0 Å².